The number of nitrogens with zero attached hydrogens (tertiary/aromatic N) is 3. The Balaban J connectivity index is 0.00000264. The van der Waals surface area contributed by atoms with Gasteiger partial charge in [-0.2, -0.15) is 4.98 Å². The first-order valence-corrected chi connectivity index (χ1v) is 7.96. The maximum atomic E-state index is 12.4. The number of amides is 1. The van der Waals surface area contributed by atoms with Crippen molar-refractivity contribution in [3.8, 4) is 0 Å². The quantitative estimate of drug-likeness (QED) is 0.909. The molecule has 2 rings (SSSR count). The van der Waals surface area contributed by atoms with E-state index in [0.717, 1.165) is 13.0 Å². The largest absolute Gasteiger partial charge is 0.342 e. The number of carbonyl (C=O) groups excluding carboxylic acids is 1. The van der Waals surface area contributed by atoms with E-state index in [1.54, 1.807) is 0 Å². The third-order valence-electron chi connectivity index (χ3n) is 4.36. The maximum Gasteiger partial charge on any atom is 0.227 e. The van der Waals surface area contributed by atoms with E-state index in [9.17, 15) is 4.79 Å². The summed E-state index contributed by atoms with van der Waals surface area (Å²) < 4.78 is 5.24. The molecule has 6 nitrogen and oxygen atoms in total. The van der Waals surface area contributed by atoms with Gasteiger partial charge in [-0.1, -0.05) is 39.8 Å². The number of halogens is 1. The highest BCUT2D eigenvalue weighted by Crippen LogP contribution is 2.28. The van der Waals surface area contributed by atoms with Crippen molar-refractivity contribution in [3.05, 3.63) is 11.7 Å². The first-order chi connectivity index (χ1) is 10.1. The van der Waals surface area contributed by atoms with Gasteiger partial charge in [0.25, 0.3) is 0 Å². The lowest BCUT2D eigenvalue weighted by Crippen LogP contribution is -2.54. The molecule has 0 aliphatic carbocycles. The van der Waals surface area contributed by atoms with Crippen molar-refractivity contribution in [3.63, 3.8) is 0 Å². The van der Waals surface area contributed by atoms with Crippen LogP contribution in [-0.4, -0.2) is 40.1 Å². The second kappa shape index (κ2) is 7.18. The van der Waals surface area contributed by atoms with E-state index in [-0.39, 0.29) is 35.2 Å². The predicted octanol–water partition coefficient (Wildman–Crippen LogP) is 2.31. The number of piperidine rings is 1. The Hall–Kier alpha value is -1.14. The van der Waals surface area contributed by atoms with Crippen molar-refractivity contribution in [1.82, 2.24) is 15.0 Å². The van der Waals surface area contributed by atoms with Crippen LogP contribution in [-0.2, 0) is 16.6 Å². The molecule has 0 spiro atoms. The van der Waals surface area contributed by atoms with Crippen molar-refractivity contribution < 1.29 is 9.32 Å². The van der Waals surface area contributed by atoms with Crippen LogP contribution in [0, 0.1) is 5.41 Å². The number of aryl methyl sites for hydroxylation is 1. The third kappa shape index (κ3) is 4.91. The molecule has 1 aliphatic heterocycles. The zero-order valence-electron chi connectivity index (χ0n) is 14.8. The molecule has 7 heteroatoms. The van der Waals surface area contributed by atoms with Gasteiger partial charge in [0.2, 0.25) is 11.8 Å². The number of likely N-dealkylation sites (tertiary alicyclic amines) is 1. The van der Waals surface area contributed by atoms with Crippen molar-refractivity contribution in [2.45, 2.75) is 65.3 Å². The van der Waals surface area contributed by atoms with E-state index >= 15 is 0 Å². The van der Waals surface area contributed by atoms with Gasteiger partial charge in [0.15, 0.2) is 5.82 Å². The molecule has 1 aromatic rings. The van der Waals surface area contributed by atoms with E-state index in [2.05, 4.69) is 24.0 Å². The van der Waals surface area contributed by atoms with Crippen LogP contribution in [0.5, 0.6) is 0 Å². The van der Waals surface area contributed by atoms with Crippen LogP contribution in [0.1, 0.15) is 59.2 Å². The standard InChI is InChI=1S/C16H28N4O2.ClH/c1-15(2,3)14-18-12(22-19-14)6-7-13(21)20-9-8-11(17)16(4,5)10-20;/h11H,6-10,17H2,1-5H3;1H. The Morgan fingerprint density at radius 1 is 1.43 bits per heavy atom. The Labute approximate surface area is 144 Å². The van der Waals surface area contributed by atoms with Gasteiger partial charge in [0.1, 0.15) is 0 Å². The fourth-order valence-electron chi connectivity index (χ4n) is 2.62. The van der Waals surface area contributed by atoms with Crippen LogP contribution in [0.15, 0.2) is 4.52 Å². The summed E-state index contributed by atoms with van der Waals surface area (Å²) in [5.41, 5.74) is 5.94. The van der Waals surface area contributed by atoms with Gasteiger partial charge in [0, 0.05) is 37.4 Å². The smallest absolute Gasteiger partial charge is 0.227 e. The fraction of sp³-hybridized carbons (Fsp3) is 0.812. The van der Waals surface area contributed by atoms with Gasteiger partial charge in [0.05, 0.1) is 0 Å². The van der Waals surface area contributed by atoms with Crippen LogP contribution < -0.4 is 5.73 Å². The Morgan fingerprint density at radius 3 is 2.61 bits per heavy atom. The summed E-state index contributed by atoms with van der Waals surface area (Å²) in [4.78, 5) is 18.6. The summed E-state index contributed by atoms with van der Waals surface area (Å²) in [5, 5.41) is 3.98. The van der Waals surface area contributed by atoms with Gasteiger partial charge < -0.3 is 15.2 Å². The molecule has 1 fully saturated rings. The van der Waals surface area contributed by atoms with E-state index in [1.807, 2.05) is 25.7 Å². The zero-order valence-corrected chi connectivity index (χ0v) is 15.6. The molecular formula is C16H29ClN4O2. The first-order valence-electron chi connectivity index (χ1n) is 7.96. The molecule has 0 saturated carbocycles. The minimum Gasteiger partial charge on any atom is -0.342 e. The van der Waals surface area contributed by atoms with Crippen LogP contribution in [0.2, 0.25) is 0 Å². The minimum absolute atomic E-state index is 0. The lowest BCUT2D eigenvalue weighted by atomic mass is 9.79. The van der Waals surface area contributed by atoms with Gasteiger partial charge in [-0.05, 0) is 11.8 Å². The van der Waals surface area contributed by atoms with Crippen LogP contribution >= 0.6 is 12.4 Å². The highest BCUT2D eigenvalue weighted by atomic mass is 35.5. The summed E-state index contributed by atoms with van der Waals surface area (Å²) in [6.07, 6.45) is 1.75. The summed E-state index contributed by atoms with van der Waals surface area (Å²) in [7, 11) is 0. The van der Waals surface area contributed by atoms with Crippen molar-refractivity contribution in [2.24, 2.45) is 11.1 Å². The molecule has 0 aromatic carbocycles. The average molecular weight is 345 g/mol. The van der Waals surface area contributed by atoms with Crippen LogP contribution in [0.3, 0.4) is 0 Å². The molecule has 1 atom stereocenters. The van der Waals surface area contributed by atoms with Crippen LogP contribution in [0.25, 0.3) is 0 Å². The summed E-state index contributed by atoms with van der Waals surface area (Å²) >= 11 is 0. The number of rotatable bonds is 3. The second-order valence-corrected chi connectivity index (χ2v) is 7.96. The number of carbonyl (C=O) groups is 1. The Bertz CT molecular complexity index is 536. The van der Waals surface area contributed by atoms with E-state index in [4.69, 9.17) is 10.3 Å². The third-order valence-corrected chi connectivity index (χ3v) is 4.36. The van der Waals surface area contributed by atoms with Crippen LogP contribution in [0.4, 0.5) is 0 Å². The molecule has 1 amide bonds. The molecule has 23 heavy (non-hydrogen) atoms. The predicted molar refractivity (Wildman–Crippen MR) is 91.5 cm³/mol. The Kier molecular flexibility index (Phi) is 6.21. The van der Waals surface area contributed by atoms with Crippen molar-refractivity contribution in [1.29, 1.82) is 0 Å². The molecule has 1 unspecified atom stereocenters. The molecule has 2 heterocycles. The molecule has 2 N–H and O–H groups in total. The van der Waals surface area contributed by atoms with E-state index in [0.29, 0.717) is 31.1 Å². The zero-order chi connectivity index (χ0) is 16.5. The van der Waals surface area contributed by atoms with E-state index < -0.39 is 0 Å². The second-order valence-electron chi connectivity index (χ2n) is 7.96. The van der Waals surface area contributed by atoms with Crippen molar-refractivity contribution >= 4 is 18.3 Å². The molecule has 1 aliphatic rings. The highest BCUT2D eigenvalue weighted by molar-refractivity contribution is 5.85. The average Bonchev–Trinajstić information content (AvgIpc) is 2.88. The monoisotopic (exact) mass is 344 g/mol. The van der Waals surface area contributed by atoms with E-state index in [1.165, 1.54) is 0 Å². The molecule has 1 aromatic heterocycles. The van der Waals surface area contributed by atoms with Gasteiger partial charge in [-0.25, -0.2) is 0 Å². The molecule has 1 saturated heterocycles. The molecule has 0 bridgehead atoms. The number of aromatic nitrogens is 2. The molecular weight excluding hydrogens is 316 g/mol. The highest BCUT2D eigenvalue weighted by Gasteiger charge is 2.35. The number of hydrogen-bond donors (Lipinski definition) is 1. The van der Waals surface area contributed by atoms with Gasteiger partial charge in [-0.15, -0.1) is 12.4 Å². The fourth-order valence-corrected chi connectivity index (χ4v) is 2.62. The normalized spacial score (nSPS) is 21.0. The topological polar surface area (TPSA) is 85.2 Å². The lowest BCUT2D eigenvalue weighted by Gasteiger charge is -2.42. The SMILES string of the molecule is CC(C)(C)c1noc(CCC(=O)N2CCC(N)C(C)(C)C2)n1.Cl. The Morgan fingerprint density at radius 2 is 2.09 bits per heavy atom. The number of hydrogen-bond acceptors (Lipinski definition) is 5. The van der Waals surface area contributed by atoms with Gasteiger partial charge >= 0.3 is 0 Å². The summed E-state index contributed by atoms with van der Waals surface area (Å²) in [5.74, 6) is 1.35. The van der Waals surface area contributed by atoms with Gasteiger partial charge in [-0.3, -0.25) is 4.79 Å². The van der Waals surface area contributed by atoms with Crippen molar-refractivity contribution in [2.75, 3.05) is 13.1 Å². The summed E-state index contributed by atoms with van der Waals surface area (Å²) in [6, 6.07) is 0.154. The first kappa shape index (κ1) is 19.9. The number of nitrogens with two attached hydrogens (primary N) is 1. The molecule has 132 valence electrons. The summed E-state index contributed by atoms with van der Waals surface area (Å²) in [6.45, 7) is 11.8. The lowest BCUT2D eigenvalue weighted by molar-refractivity contribution is -0.134. The molecule has 0 radical (unpaired) electrons. The minimum atomic E-state index is -0.140. The maximum absolute atomic E-state index is 12.4.